The minimum Gasteiger partial charge on any atom is -0.427 e. The number of carbonyl (C=O) groups excluding carboxylic acids is 1. The molecule has 1 aromatic carbocycles. The van der Waals surface area contributed by atoms with Gasteiger partial charge < -0.3 is 10.5 Å². The first-order chi connectivity index (χ1) is 7.00. The molecule has 0 bridgehead atoms. The fourth-order valence-electron chi connectivity index (χ4n) is 1.07. The van der Waals surface area contributed by atoms with Gasteiger partial charge in [0.25, 0.3) is 6.43 Å². The van der Waals surface area contributed by atoms with Gasteiger partial charge in [-0.1, -0.05) is 12.1 Å². The van der Waals surface area contributed by atoms with Crippen LogP contribution in [-0.2, 0) is 4.79 Å². The third-order valence-electron chi connectivity index (χ3n) is 1.80. The predicted molar refractivity (Wildman–Crippen MR) is 57.9 cm³/mol. The molecule has 6 heteroatoms. The summed E-state index contributed by atoms with van der Waals surface area (Å²) < 4.78 is 29.2. The van der Waals surface area contributed by atoms with E-state index in [-0.39, 0.29) is 12.4 Å². The summed E-state index contributed by atoms with van der Waals surface area (Å²) in [5.74, 6) is -0.145. The van der Waals surface area contributed by atoms with Gasteiger partial charge >= 0.3 is 5.97 Å². The molecule has 90 valence electrons. The van der Waals surface area contributed by atoms with E-state index in [4.69, 9.17) is 10.5 Å². The first-order valence-corrected chi connectivity index (χ1v) is 4.33. The van der Waals surface area contributed by atoms with Gasteiger partial charge in [-0.15, -0.1) is 12.4 Å². The van der Waals surface area contributed by atoms with Crippen LogP contribution in [0.1, 0.15) is 18.5 Å². The minimum atomic E-state index is -2.61. The van der Waals surface area contributed by atoms with Gasteiger partial charge in [0, 0.05) is 6.92 Å². The Bertz CT molecular complexity index is 343. The number of alkyl halides is 2. The zero-order valence-corrected chi connectivity index (χ0v) is 9.34. The van der Waals surface area contributed by atoms with E-state index in [9.17, 15) is 13.6 Å². The Morgan fingerprint density at radius 1 is 1.31 bits per heavy atom. The Morgan fingerprint density at radius 2 is 1.81 bits per heavy atom. The topological polar surface area (TPSA) is 52.3 Å². The molecule has 0 amide bonds. The molecular weight excluding hydrogens is 240 g/mol. The number of benzene rings is 1. The molecule has 1 aromatic rings. The number of ether oxygens (including phenoxy) is 1. The van der Waals surface area contributed by atoms with Crippen LogP contribution in [-0.4, -0.2) is 12.4 Å². The molecule has 1 rings (SSSR count). The maximum Gasteiger partial charge on any atom is 0.308 e. The minimum absolute atomic E-state index is 0. The lowest BCUT2D eigenvalue weighted by molar-refractivity contribution is -0.131. The van der Waals surface area contributed by atoms with Crippen molar-refractivity contribution in [2.24, 2.45) is 5.73 Å². The molecule has 0 saturated heterocycles. The van der Waals surface area contributed by atoms with Gasteiger partial charge in [0.2, 0.25) is 0 Å². The van der Waals surface area contributed by atoms with Gasteiger partial charge in [0.05, 0.1) is 6.04 Å². The summed E-state index contributed by atoms with van der Waals surface area (Å²) in [7, 11) is 0. The van der Waals surface area contributed by atoms with E-state index in [0.717, 1.165) is 0 Å². The largest absolute Gasteiger partial charge is 0.427 e. The van der Waals surface area contributed by atoms with Crippen molar-refractivity contribution in [2.45, 2.75) is 19.4 Å². The lowest BCUT2D eigenvalue weighted by Gasteiger charge is -2.10. The van der Waals surface area contributed by atoms with Crippen LogP contribution in [0, 0.1) is 0 Å². The Hall–Kier alpha value is -1.20. The summed E-state index contributed by atoms with van der Waals surface area (Å²) in [5.41, 5.74) is 5.54. The maximum absolute atomic E-state index is 12.2. The Morgan fingerprint density at radius 3 is 2.19 bits per heavy atom. The third kappa shape index (κ3) is 4.12. The molecule has 0 heterocycles. The van der Waals surface area contributed by atoms with Gasteiger partial charge in [-0.3, -0.25) is 4.79 Å². The molecule has 2 N–H and O–H groups in total. The first kappa shape index (κ1) is 14.8. The van der Waals surface area contributed by atoms with Gasteiger partial charge in [0.15, 0.2) is 0 Å². The molecule has 0 aromatic heterocycles. The van der Waals surface area contributed by atoms with Crippen LogP contribution in [0.3, 0.4) is 0 Å². The summed E-state index contributed by atoms with van der Waals surface area (Å²) in [6, 6.07) is 4.37. The lowest BCUT2D eigenvalue weighted by Crippen LogP contribution is -2.18. The van der Waals surface area contributed by atoms with Crippen molar-refractivity contribution in [3.8, 4) is 5.75 Å². The van der Waals surface area contributed by atoms with E-state index in [0.29, 0.717) is 11.3 Å². The molecule has 0 unspecified atom stereocenters. The Labute approximate surface area is 98.0 Å². The van der Waals surface area contributed by atoms with Crippen molar-refractivity contribution in [3.05, 3.63) is 29.8 Å². The van der Waals surface area contributed by atoms with Crippen molar-refractivity contribution in [1.82, 2.24) is 0 Å². The average Bonchev–Trinajstić information content (AvgIpc) is 2.17. The van der Waals surface area contributed by atoms with Crippen molar-refractivity contribution in [3.63, 3.8) is 0 Å². The quantitative estimate of drug-likeness (QED) is 0.662. The first-order valence-electron chi connectivity index (χ1n) is 4.33. The summed E-state index contributed by atoms with van der Waals surface area (Å²) >= 11 is 0. The predicted octanol–water partition coefficient (Wildman–Crippen LogP) is 2.30. The normalized spacial score (nSPS) is 11.8. The fourth-order valence-corrected chi connectivity index (χ4v) is 1.07. The molecule has 0 aliphatic carbocycles. The molecule has 3 nitrogen and oxygen atoms in total. The number of hydrogen-bond donors (Lipinski definition) is 1. The van der Waals surface area contributed by atoms with E-state index in [1.54, 1.807) is 0 Å². The molecule has 16 heavy (non-hydrogen) atoms. The second-order valence-corrected chi connectivity index (χ2v) is 3.02. The van der Waals surface area contributed by atoms with Crippen LogP contribution < -0.4 is 10.5 Å². The van der Waals surface area contributed by atoms with Gasteiger partial charge in [-0.05, 0) is 17.7 Å². The van der Waals surface area contributed by atoms with E-state index in [1.807, 2.05) is 0 Å². The monoisotopic (exact) mass is 251 g/mol. The van der Waals surface area contributed by atoms with Gasteiger partial charge in [-0.25, -0.2) is 8.78 Å². The molecule has 0 saturated carbocycles. The Kier molecular flexibility index (Phi) is 5.92. The highest BCUT2D eigenvalue weighted by Gasteiger charge is 2.17. The Balaban J connectivity index is 0.00000225. The summed E-state index contributed by atoms with van der Waals surface area (Å²) in [6.45, 7) is 1.26. The van der Waals surface area contributed by atoms with Crippen LogP contribution in [0.4, 0.5) is 8.78 Å². The van der Waals surface area contributed by atoms with Crippen molar-refractivity contribution >= 4 is 18.4 Å². The van der Waals surface area contributed by atoms with E-state index < -0.39 is 18.4 Å². The smallest absolute Gasteiger partial charge is 0.308 e. The SMILES string of the molecule is CC(=O)Oc1ccc([C@H](N)C(F)F)cc1.Cl. The average molecular weight is 252 g/mol. The molecule has 0 spiro atoms. The molecule has 0 radical (unpaired) electrons. The highest BCUT2D eigenvalue weighted by molar-refractivity contribution is 5.85. The van der Waals surface area contributed by atoms with Crippen molar-refractivity contribution in [1.29, 1.82) is 0 Å². The standard InChI is InChI=1S/C10H11F2NO2.ClH/c1-6(14)15-8-4-2-7(3-5-8)9(13)10(11)12;/h2-5,9-10H,13H2,1H3;1H/t9-;/m0./s1. The zero-order chi connectivity index (χ0) is 11.4. The highest BCUT2D eigenvalue weighted by Crippen LogP contribution is 2.20. The second kappa shape index (κ2) is 6.40. The molecule has 0 aliphatic heterocycles. The van der Waals surface area contributed by atoms with Crippen LogP contribution >= 0.6 is 12.4 Å². The van der Waals surface area contributed by atoms with Crippen LogP contribution in [0.15, 0.2) is 24.3 Å². The van der Waals surface area contributed by atoms with E-state index in [1.165, 1.54) is 31.2 Å². The van der Waals surface area contributed by atoms with Crippen LogP contribution in [0.25, 0.3) is 0 Å². The maximum atomic E-state index is 12.2. The number of nitrogens with two attached hydrogens (primary N) is 1. The number of carbonyl (C=O) groups is 1. The van der Waals surface area contributed by atoms with E-state index in [2.05, 4.69) is 0 Å². The van der Waals surface area contributed by atoms with Gasteiger partial charge in [0.1, 0.15) is 5.75 Å². The molecule has 0 fully saturated rings. The lowest BCUT2D eigenvalue weighted by atomic mass is 10.1. The zero-order valence-electron chi connectivity index (χ0n) is 8.52. The molecule has 0 aliphatic rings. The summed E-state index contributed by atoms with van der Waals surface area (Å²) in [4.78, 5) is 10.6. The number of rotatable bonds is 3. The van der Waals surface area contributed by atoms with Crippen LogP contribution in [0.5, 0.6) is 5.75 Å². The number of hydrogen-bond acceptors (Lipinski definition) is 3. The summed E-state index contributed by atoms with van der Waals surface area (Å²) in [5, 5.41) is 0. The van der Waals surface area contributed by atoms with Crippen molar-refractivity contribution in [2.75, 3.05) is 0 Å². The highest BCUT2D eigenvalue weighted by atomic mass is 35.5. The summed E-state index contributed by atoms with van der Waals surface area (Å²) in [6.07, 6.45) is -2.61. The molecular formula is C10H12ClF2NO2. The van der Waals surface area contributed by atoms with Crippen molar-refractivity contribution < 1.29 is 18.3 Å². The second-order valence-electron chi connectivity index (χ2n) is 3.02. The van der Waals surface area contributed by atoms with Crippen LogP contribution in [0.2, 0.25) is 0 Å². The fraction of sp³-hybridized carbons (Fsp3) is 0.300. The molecule has 1 atom stereocenters. The number of halogens is 3. The van der Waals surface area contributed by atoms with Gasteiger partial charge in [-0.2, -0.15) is 0 Å². The third-order valence-corrected chi connectivity index (χ3v) is 1.80. The van der Waals surface area contributed by atoms with E-state index >= 15 is 0 Å². The number of esters is 1.